The lowest BCUT2D eigenvalue weighted by Crippen LogP contribution is -2.39. The Balaban J connectivity index is 2.23. The van der Waals surface area contributed by atoms with Gasteiger partial charge in [0.2, 0.25) is 10.0 Å². The fourth-order valence-corrected chi connectivity index (χ4v) is 3.33. The molecular formula is C12H26N2O2S. The van der Waals surface area contributed by atoms with E-state index in [1.807, 2.05) is 6.92 Å². The van der Waals surface area contributed by atoms with Gasteiger partial charge in [0.15, 0.2) is 0 Å². The van der Waals surface area contributed by atoms with E-state index in [9.17, 15) is 8.42 Å². The zero-order valence-electron chi connectivity index (χ0n) is 11.0. The first-order valence-electron chi connectivity index (χ1n) is 6.75. The number of nitrogens with one attached hydrogen (secondary N) is 2. The summed E-state index contributed by atoms with van der Waals surface area (Å²) in [7, 11) is -3.14. The van der Waals surface area contributed by atoms with Crippen LogP contribution in [0.3, 0.4) is 0 Å². The third-order valence-corrected chi connectivity index (χ3v) is 5.37. The smallest absolute Gasteiger partial charge is 0.215 e. The molecule has 5 heteroatoms. The topological polar surface area (TPSA) is 58.2 Å². The van der Waals surface area contributed by atoms with Crippen LogP contribution in [0.15, 0.2) is 0 Å². The maximum absolute atomic E-state index is 11.9. The summed E-state index contributed by atoms with van der Waals surface area (Å²) in [6.07, 6.45) is 6.17. The molecule has 0 aromatic heterocycles. The number of rotatable bonds is 8. The normalized spacial score (nSPS) is 19.6. The Kier molecular flexibility index (Phi) is 6.44. The van der Waals surface area contributed by atoms with Crippen LogP contribution in [0.1, 0.15) is 46.0 Å². The van der Waals surface area contributed by atoms with Crippen LogP contribution in [0.25, 0.3) is 0 Å². The van der Waals surface area contributed by atoms with Crippen molar-refractivity contribution < 1.29 is 8.42 Å². The second-order valence-corrected chi connectivity index (χ2v) is 7.18. The lowest BCUT2D eigenvalue weighted by Gasteiger charge is -2.15. The molecule has 17 heavy (non-hydrogen) atoms. The summed E-state index contributed by atoms with van der Waals surface area (Å²) in [6.45, 7) is 5.66. The van der Waals surface area contributed by atoms with Gasteiger partial charge in [-0.2, -0.15) is 0 Å². The summed E-state index contributed by atoms with van der Waals surface area (Å²) < 4.78 is 26.4. The van der Waals surface area contributed by atoms with Gasteiger partial charge in [0.05, 0.1) is 5.25 Å². The minimum atomic E-state index is -3.14. The third-order valence-electron chi connectivity index (χ3n) is 3.54. The quantitative estimate of drug-likeness (QED) is 0.696. The maximum atomic E-state index is 11.9. The van der Waals surface area contributed by atoms with Gasteiger partial charge in [0.1, 0.15) is 0 Å². The van der Waals surface area contributed by atoms with E-state index in [0.29, 0.717) is 13.1 Å². The minimum absolute atomic E-state index is 0.356. The van der Waals surface area contributed by atoms with Crippen molar-refractivity contribution >= 4 is 10.0 Å². The Bertz CT molecular complexity index is 298. The van der Waals surface area contributed by atoms with Gasteiger partial charge in [-0.25, -0.2) is 13.1 Å². The second-order valence-electron chi connectivity index (χ2n) is 5.00. The minimum Gasteiger partial charge on any atom is -0.316 e. The summed E-state index contributed by atoms with van der Waals surface area (Å²) in [4.78, 5) is 0. The average Bonchev–Trinajstić information content (AvgIpc) is 2.78. The molecule has 2 N–H and O–H groups in total. The maximum Gasteiger partial charge on any atom is 0.215 e. The third kappa shape index (κ3) is 5.36. The molecule has 102 valence electrons. The van der Waals surface area contributed by atoms with Crippen molar-refractivity contribution in [2.24, 2.45) is 5.92 Å². The Hall–Kier alpha value is -0.130. The first-order chi connectivity index (χ1) is 8.06. The van der Waals surface area contributed by atoms with Crippen molar-refractivity contribution in [1.82, 2.24) is 10.0 Å². The molecule has 0 radical (unpaired) electrons. The molecule has 0 heterocycles. The highest BCUT2D eigenvalue weighted by Gasteiger charge is 2.21. The Morgan fingerprint density at radius 1 is 1.29 bits per heavy atom. The molecule has 1 rings (SSSR count). The van der Waals surface area contributed by atoms with Gasteiger partial charge in [0, 0.05) is 13.1 Å². The molecule has 1 unspecified atom stereocenters. The number of hydrogen-bond acceptors (Lipinski definition) is 3. The molecule has 0 aromatic rings. The molecule has 0 aliphatic heterocycles. The van der Waals surface area contributed by atoms with E-state index in [2.05, 4.69) is 10.0 Å². The lowest BCUT2D eigenvalue weighted by atomic mass is 10.1. The Morgan fingerprint density at radius 3 is 2.53 bits per heavy atom. The van der Waals surface area contributed by atoms with Crippen LogP contribution in [0.2, 0.25) is 0 Å². The van der Waals surface area contributed by atoms with Gasteiger partial charge in [-0.1, -0.05) is 32.6 Å². The van der Waals surface area contributed by atoms with Crippen molar-refractivity contribution in [2.75, 3.05) is 19.6 Å². The predicted octanol–water partition coefficient (Wildman–Crippen LogP) is 1.48. The summed E-state index contributed by atoms with van der Waals surface area (Å²) in [5, 5.41) is 2.71. The zero-order valence-corrected chi connectivity index (χ0v) is 11.9. The van der Waals surface area contributed by atoms with Gasteiger partial charge >= 0.3 is 0 Å². The van der Waals surface area contributed by atoms with Crippen molar-refractivity contribution in [3.05, 3.63) is 0 Å². The molecule has 0 bridgehead atoms. The van der Waals surface area contributed by atoms with E-state index in [1.54, 1.807) is 6.92 Å². The largest absolute Gasteiger partial charge is 0.316 e. The monoisotopic (exact) mass is 262 g/mol. The Morgan fingerprint density at radius 2 is 1.94 bits per heavy atom. The number of hydrogen-bond donors (Lipinski definition) is 2. The average molecular weight is 262 g/mol. The highest BCUT2D eigenvalue weighted by Crippen LogP contribution is 2.26. The summed E-state index contributed by atoms with van der Waals surface area (Å²) in [5.74, 6) is 0.738. The second kappa shape index (κ2) is 7.34. The van der Waals surface area contributed by atoms with E-state index >= 15 is 0 Å². The predicted molar refractivity (Wildman–Crippen MR) is 71.5 cm³/mol. The van der Waals surface area contributed by atoms with Crippen LogP contribution in [-0.2, 0) is 10.0 Å². The molecular weight excluding hydrogens is 236 g/mol. The molecule has 1 atom stereocenters. The van der Waals surface area contributed by atoms with E-state index in [0.717, 1.165) is 18.9 Å². The standard InChI is InChI=1S/C12H26N2O2S/c1-3-13-10-11(2)17(15,16)14-9-8-12-6-4-5-7-12/h11-14H,3-10H2,1-2H3. The molecule has 0 amide bonds. The fourth-order valence-electron chi connectivity index (χ4n) is 2.30. The first-order valence-corrected chi connectivity index (χ1v) is 8.30. The van der Waals surface area contributed by atoms with E-state index in [4.69, 9.17) is 0 Å². The molecule has 0 spiro atoms. The Labute approximate surface area is 106 Å². The van der Waals surface area contributed by atoms with Crippen LogP contribution in [-0.4, -0.2) is 33.3 Å². The van der Waals surface area contributed by atoms with Crippen molar-refractivity contribution in [3.8, 4) is 0 Å². The van der Waals surface area contributed by atoms with Crippen LogP contribution in [0.4, 0.5) is 0 Å². The zero-order chi connectivity index (χ0) is 12.7. The highest BCUT2D eigenvalue weighted by molar-refractivity contribution is 7.90. The van der Waals surface area contributed by atoms with E-state index in [-0.39, 0.29) is 5.25 Å². The molecule has 0 aromatic carbocycles. The van der Waals surface area contributed by atoms with Gasteiger partial charge < -0.3 is 5.32 Å². The first kappa shape index (κ1) is 14.9. The van der Waals surface area contributed by atoms with Crippen molar-refractivity contribution in [1.29, 1.82) is 0 Å². The van der Waals surface area contributed by atoms with Gasteiger partial charge in [-0.3, -0.25) is 0 Å². The van der Waals surface area contributed by atoms with Crippen LogP contribution >= 0.6 is 0 Å². The molecule has 1 saturated carbocycles. The van der Waals surface area contributed by atoms with E-state index in [1.165, 1.54) is 25.7 Å². The molecule has 4 nitrogen and oxygen atoms in total. The number of sulfonamides is 1. The van der Waals surface area contributed by atoms with Crippen LogP contribution < -0.4 is 10.0 Å². The molecule has 1 aliphatic rings. The van der Waals surface area contributed by atoms with Gasteiger partial charge in [-0.05, 0) is 25.8 Å². The van der Waals surface area contributed by atoms with Crippen molar-refractivity contribution in [3.63, 3.8) is 0 Å². The molecule has 1 fully saturated rings. The molecule has 0 saturated heterocycles. The fraction of sp³-hybridized carbons (Fsp3) is 1.00. The van der Waals surface area contributed by atoms with Crippen molar-refractivity contribution in [2.45, 2.75) is 51.2 Å². The van der Waals surface area contributed by atoms with Crippen LogP contribution in [0.5, 0.6) is 0 Å². The summed E-state index contributed by atoms with van der Waals surface area (Å²) in [5.41, 5.74) is 0. The lowest BCUT2D eigenvalue weighted by molar-refractivity contribution is 0.493. The molecule has 1 aliphatic carbocycles. The van der Waals surface area contributed by atoms with Gasteiger partial charge in [-0.15, -0.1) is 0 Å². The highest BCUT2D eigenvalue weighted by atomic mass is 32.2. The summed E-state index contributed by atoms with van der Waals surface area (Å²) >= 11 is 0. The van der Waals surface area contributed by atoms with Crippen LogP contribution in [0, 0.1) is 5.92 Å². The van der Waals surface area contributed by atoms with E-state index < -0.39 is 10.0 Å². The SMILES string of the molecule is CCNCC(C)S(=O)(=O)NCCC1CCCC1. The van der Waals surface area contributed by atoms with Gasteiger partial charge in [0.25, 0.3) is 0 Å². The summed E-state index contributed by atoms with van der Waals surface area (Å²) in [6, 6.07) is 0.